The molecule has 98 valence electrons. The second kappa shape index (κ2) is 5.79. The Morgan fingerprint density at radius 3 is 2.32 bits per heavy atom. The van der Waals surface area contributed by atoms with Crippen molar-refractivity contribution >= 4 is 5.69 Å². The first-order valence-electron chi connectivity index (χ1n) is 6.94. The SMILES string of the molecule is c1ccc(COc2ccccc2N2CCCC2)cc1. The molecule has 0 aromatic heterocycles. The molecule has 2 heteroatoms. The van der Waals surface area contributed by atoms with Gasteiger partial charge in [-0.05, 0) is 30.5 Å². The summed E-state index contributed by atoms with van der Waals surface area (Å²) in [6.07, 6.45) is 2.57. The van der Waals surface area contributed by atoms with Gasteiger partial charge in [-0.2, -0.15) is 0 Å². The fourth-order valence-electron chi connectivity index (χ4n) is 2.53. The van der Waals surface area contributed by atoms with E-state index < -0.39 is 0 Å². The van der Waals surface area contributed by atoms with Crippen molar-refractivity contribution in [2.75, 3.05) is 18.0 Å². The molecule has 1 saturated heterocycles. The summed E-state index contributed by atoms with van der Waals surface area (Å²) < 4.78 is 5.99. The molecular weight excluding hydrogens is 234 g/mol. The van der Waals surface area contributed by atoms with Crippen molar-refractivity contribution in [3.8, 4) is 5.75 Å². The van der Waals surface area contributed by atoms with E-state index in [1.807, 2.05) is 24.3 Å². The van der Waals surface area contributed by atoms with E-state index in [4.69, 9.17) is 4.74 Å². The molecule has 0 N–H and O–H groups in total. The monoisotopic (exact) mass is 253 g/mol. The van der Waals surface area contributed by atoms with Crippen molar-refractivity contribution in [1.29, 1.82) is 0 Å². The number of ether oxygens (including phenoxy) is 1. The third-order valence-corrected chi connectivity index (χ3v) is 3.55. The van der Waals surface area contributed by atoms with Gasteiger partial charge >= 0.3 is 0 Å². The predicted molar refractivity (Wildman–Crippen MR) is 78.7 cm³/mol. The lowest BCUT2D eigenvalue weighted by atomic mass is 10.2. The van der Waals surface area contributed by atoms with Gasteiger partial charge in [0.25, 0.3) is 0 Å². The van der Waals surface area contributed by atoms with Crippen molar-refractivity contribution in [3.63, 3.8) is 0 Å². The largest absolute Gasteiger partial charge is 0.487 e. The molecule has 1 aliphatic rings. The molecule has 0 radical (unpaired) electrons. The summed E-state index contributed by atoms with van der Waals surface area (Å²) in [5.74, 6) is 0.994. The Kier molecular flexibility index (Phi) is 3.68. The molecule has 0 amide bonds. The topological polar surface area (TPSA) is 12.5 Å². The minimum atomic E-state index is 0.631. The van der Waals surface area contributed by atoms with Gasteiger partial charge in [0.1, 0.15) is 12.4 Å². The summed E-state index contributed by atoms with van der Waals surface area (Å²) in [6, 6.07) is 18.7. The van der Waals surface area contributed by atoms with Crippen molar-refractivity contribution in [2.24, 2.45) is 0 Å². The van der Waals surface area contributed by atoms with Crippen LogP contribution in [0, 0.1) is 0 Å². The molecule has 0 atom stereocenters. The maximum atomic E-state index is 5.99. The smallest absolute Gasteiger partial charge is 0.143 e. The van der Waals surface area contributed by atoms with Gasteiger partial charge in [-0.15, -0.1) is 0 Å². The maximum Gasteiger partial charge on any atom is 0.143 e. The summed E-state index contributed by atoms with van der Waals surface area (Å²) in [4.78, 5) is 2.42. The molecule has 1 fully saturated rings. The zero-order valence-electron chi connectivity index (χ0n) is 11.1. The van der Waals surface area contributed by atoms with Crippen molar-refractivity contribution in [3.05, 3.63) is 60.2 Å². The molecule has 0 spiro atoms. The van der Waals surface area contributed by atoms with Crippen LogP contribution in [0.2, 0.25) is 0 Å². The van der Waals surface area contributed by atoms with E-state index in [9.17, 15) is 0 Å². The van der Waals surface area contributed by atoms with Crippen molar-refractivity contribution in [2.45, 2.75) is 19.4 Å². The minimum absolute atomic E-state index is 0.631. The molecule has 0 saturated carbocycles. The molecular formula is C17H19NO. The minimum Gasteiger partial charge on any atom is -0.487 e. The Morgan fingerprint density at radius 1 is 0.842 bits per heavy atom. The Morgan fingerprint density at radius 2 is 1.53 bits per heavy atom. The summed E-state index contributed by atoms with van der Waals surface area (Å²) in [5, 5.41) is 0. The third-order valence-electron chi connectivity index (χ3n) is 3.55. The van der Waals surface area contributed by atoms with Crippen LogP contribution in [0.4, 0.5) is 5.69 Å². The lowest BCUT2D eigenvalue weighted by Gasteiger charge is -2.21. The average molecular weight is 253 g/mol. The van der Waals surface area contributed by atoms with Crippen LogP contribution in [-0.4, -0.2) is 13.1 Å². The summed E-state index contributed by atoms with van der Waals surface area (Å²) >= 11 is 0. The number of benzene rings is 2. The lowest BCUT2D eigenvalue weighted by Crippen LogP contribution is -2.18. The maximum absolute atomic E-state index is 5.99. The first-order chi connectivity index (χ1) is 9.43. The first-order valence-corrected chi connectivity index (χ1v) is 6.94. The van der Waals surface area contributed by atoms with Crippen LogP contribution in [0.5, 0.6) is 5.75 Å². The highest BCUT2D eigenvalue weighted by Gasteiger charge is 2.15. The van der Waals surface area contributed by atoms with Gasteiger partial charge in [-0.25, -0.2) is 0 Å². The fourth-order valence-corrected chi connectivity index (χ4v) is 2.53. The number of anilines is 1. The Hall–Kier alpha value is -1.96. The van der Waals surface area contributed by atoms with Gasteiger partial charge in [0.2, 0.25) is 0 Å². The number of nitrogens with zero attached hydrogens (tertiary/aromatic N) is 1. The number of hydrogen-bond acceptors (Lipinski definition) is 2. The Balaban J connectivity index is 1.73. The molecule has 0 unspecified atom stereocenters. The molecule has 0 bridgehead atoms. The van der Waals surface area contributed by atoms with E-state index in [1.165, 1.54) is 24.1 Å². The first kappa shape index (κ1) is 12.1. The quantitative estimate of drug-likeness (QED) is 0.820. The summed E-state index contributed by atoms with van der Waals surface area (Å²) in [6.45, 7) is 2.92. The normalized spacial score (nSPS) is 14.6. The highest BCUT2D eigenvalue weighted by atomic mass is 16.5. The van der Waals surface area contributed by atoms with E-state index in [1.54, 1.807) is 0 Å². The van der Waals surface area contributed by atoms with Crippen LogP contribution < -0.4 is 9.64 Å². The van der Waals surface area contributed by atoms with Crippen LogP contribution in [0.1, 0.15) is 18.4 Å². The second-order valence-electron chi connectivity index (χ2n) is 4.94. The summed E-state index contributed by atoms with van der Waals surface area (Å²) in [5.41, 5.74) is 2.44. The van der Waals surface area contributed by atoms with Gasteiger partial charge in [0, 0.05) is 13.1 Å². The van der Waals surface area contributed by atoms with Crippen molar-refractivity contribution < 1.29 is 4.74 Å². The lowest BCUT2D eigenvalue weighted by molar-refractivity contribution is 0.306. The van der Waals surface area contributed by atoms with E-state index in [-0.39, 0.29) is 0 Å². The molecule has 2 aromatic carbocycles. The van der Waals surface area contributed by atoms with Gasteiger partial charge in [0.15, 0.2) is 0 Å². The molecule has 3 rings (SSSR count). The van der Waals surface area contributed by atoms with E-state index in [0.29, 0.717) is 6.61 Å². The van der Waals surface area contributed by atoms with Crippen LogP contribution in [0.3, 0.4) is 0 Å². The second-order valence-corrected chi connectivity index (χ2v) is 4.94. The van der Waals surface area contributed by atoms with E-state index >= 15 is 0 Å². The van der Waals surface area contributed by atoms with Gasteiger partial charge in [0.05, 0.1) is 5.69 Å². The number of para-hydroxylation sites is 2. The fraction of sp³-hybridized carbons (Fsp3) is 0.294. The Bertz CT molecular complexity index is 518. The van der Waals surface area contributed by atoms with Crippen LogP contribution in [0.25, 0.3) is 0 Å². The highest BCUT2D eigenvalue weighted by molar-refractivity contribution is 5.58. The zero-order valence-corrected chi connectivity index (χ0v) is 11.1. The highest BCUT2D eigenvalue weighted by Crippen LogP contribution is 2.31. The standard InChI is InChI=1S/C17H19NO/c1-2-8-15(9-3-1)14-19-17-11-5-4-10-16(17)18-12-6-7-13-18/h1-5,8-11H,6-7,12-14H2. The molecule has 1 heterocycles. The number of rotatable bonds is 4. The molecule has 19 heavy (non-hydrogen) atoms. The van der Waals surface area contributed by atoms with Gasteiger partial charge < -0.3 is 9.64 Å². The van der Waals surface area contributed by atoms with Crippen LogP contribution >= 0.6 is 0 Å². The average Bonchev–Trinajstić information content (AvgIpc) is 3.01. The van der Waals surface area contributed by atoms with Crippen LogP contribution in [-0.2, 0) is 6.61 Å². The molecule has 2 aromatic rings. The third kappa shape index (κ3) is 2.90. The van der Waals surface area contributed by atoms with E-state index in [0.717, 1.165) is 18.8 Å². The molecule has 2 nitrogen and oxygen atoms in total. The van der Waals surface area contributed by atoms with Gasteiger partial charge in [-0.3, -0.25) is 0 Å². The van der Waals surface area contributed by atoms with Crippen molar-refractivity contribution in [1.82, 2.24) is 0 Å². The number of hydrogen-bond donors (Lipinski definition) is 0. The van der Waals surface area contributed by atoms with E-state index in [2.05, 4.69) is 35.2 Å². The zero-order chi connectivity index (χ0) is 12.9. The molecule has 0 aliphatic carbocycles. The Labute approximate surface area is 114 Å². The molecule has 1 aliphatic heterocycles. The van der Waals surface area contributed by atoms with Gasteiger partial charge in [-0.1, -0.05) is 42.5 Å². The summed E-state index contributed by atoms with van der Waals surface area (Å²) in [7, 11) is 0. The predicted octanol–water partition coefficient (Wildman–Crippen LogP) is 3.87. The van der Waals surface area contributed by atoms with Crippen LogP contribution in [0.15, 0.2) is 54.6 Å².